The molecule has 0 amide bonds. The highest BCUT2D eigenvalue weighted by molar-refractivity contribution is 5.89. The molecule has 7 rings (SSSR count). The number of hydrogen-bond donors (Lipinski definition) is 1. The van der Waals surface area contributed by atoms with Crippen LogP contribution >= 0.6 is 0 Å². The highest BCUT2D eigenvalue weighted by Crippen LogP contribution is 2.87. The predicted molar refractivity (Wildman–Crippen MR) is 161 cm³/mol. The van der Waals surface area contributed by atoms with Crippen molar-refractivity contribution in [1.82, 2.24) is 4.98 Å². The molecule has 0 aromatic carbocycles. The zero-order valence-corrected chi connectivity index (χ0v) is 26.7. The molecule has 232 valence electrons. The lowest BCUT2D eigenvalue weighted by Gasteiger charge is -2.59. The number of esters is 1. The molecule has 6 nitrogen and oxygen atoms in total. The molecule has 6 fully saturated rings. The van der Waals surface area contributed by atoms with Crippen molar-refractivity contribution in [2.45, 2.75) is 136 Å². The molecule has 1 aromatic rings. The van der Waals surface area contributed by atoms with E-state index in [1.165, 1.54) is 51.4 Å². The van der Waals surface area contributed by atoms with E-state index in [4.69, 9.17) is 14.2 Å². The van der Waals surface area contributed by atoms with Gasteiger partial charge in [0.15, 0.2) is 0 Å². The van der Waals surface area contributed by atoms with E-state index in [1.807, 2.05) is 20.8 Å². The SMILES string of the molecule is CCOC(C1CCC2C(CC3C4CCC5C(C)(C)C(OC(=O)c6cccnc6)CCC56CC46CCC23C)O1)C(C)(C)O. The van der Waals surface area contributed by atoms with Gasteiger partial charge < -0.3 is 19.3 Å². The van der Waals surface area contributed by atoms with E-state index in [0.29, 0.717) is 40.3 Å². The number of carbonyl (C=O) groups is 1. The van der Waals surface area contributed by atoms with Gasteiger partial charge in [-0.1, -0.05) is 20.8 Å². The van der Waals surface area contributed by atoms with Crippen molar-refractivity contribution >= 4 is 5.97 Å². The molecule has 1 aromatic heterocycles. The van der Waals surface area contributed by atoms with Crippen molar-refractivity contribution in [3.05, 3.63) is 30.1 Å². The summed E-state index contributed by atoms with van der Waals surface area (Å²) in [5, 5.41) is 10.9. The number of carbonyl (C=O) groups excluding carboxylic acids is 1. The molecule has 1 saturated heterocycles. The lowest BCUT2D eigenvalue weighted by atomic mass is 9.46. The Morgan fingerprint density at radius 3 is 2.57 bits per heavy atom. The molecule has 42 heavy (non-hydrogen) atoms. The Morgan fingerprint density at radius 2 is 1.86 bits per heavy atom. The minimum absolute atomic E-state index is 0.0302. The minimum Gasteiger partial charge on any atom is -0.458 e. The first-order valence-electron chi connectivity index (χ1n) is 17.0. The van der Waals surface area contributed by atoms with E-state index in [1.54, 1.807) is 24.5 Å². The van der Waals surface area contributed by atoms with Crippen LogP contribution in [0.1, 0.15) is 116 Å². The average molecular weight is 580 g/mol. The normalized spacial score (nSPS) is 45.8. The molecule has 6 heteroatoms. The predicted octanol–water partition coefficient (Wildman–Crippen LogP) is 6.99. The quantitative estimate of drug-likeness (QED) is 0.366. The molecule has 5 saturated carbocycles. The monoisotopic (exact) mass is 579 g/mol. The highest BCUT2D eigenvalue weighted by Gasteiger charge is 2.81. The first-order valence-corrected chi connectivity index (χ1v) is 17.0. The number of nitrogens with zero attached hydrogens (tertiary/aromatic N) is 1. The van der Waals surface area contributed by atoms with Gasteiger partial charge in [-0.15, -0.1) is 0 Å². The number of aromatic nitrogens is 1. The summed E-state index contributed by atoms with van der Waals surface area (Å²) >= 11 is 0. The summed E-state index contributed by atoms with van der Waals surface area (Å²) in [5.74, 6) is 2.49. The summed E-state index contributed by atoms with van der Waals surface area (Å²) < 4.78 is 19.2. The second kappa shape index (κ2) is 9.75. The van der Waals surface area contributed by atoms with E-state index >= 15 is 0 Å². The van der Waals surface area contributed by atoms with Crippen molar-refractivity contribution in [3.63, 3.8) is 0 Å². The van der Waals surface area contributed by atoms with Crippen LogP contribution in [-0.4, -0.2) is 52.7 Å². The van der Waals surface area contributed by atoms with Crippen LogP contribution in [0, 0.1) is 45.3 Å². The summed E-state index contributed by atoms with van der Waals surface area (Å²) in [4.78, 5) is 17.1. The Labute approximate surface area is 252 Å². The molecule has 6 aliphatic rings. The summed E-state index contributed by atoms with van der Waals surface area (Å²) in [6, 6.07) is 3.61. The second-order valence-corrected chi connectivity index (χ2v) is 16.5. The fourth-order valence-electron chi connectivity index (χ4n) is 12.3. The Kier molecular flexibility index (Phi) is 6.78. The second-order valence-electron chi connectivity index (χ2n) is 16.5. The van der Waals surface area contributed by atoms with Crippen LogP contribution in [0.5, 0.6) is 0 Å². The molecular formula is C36H53NO5. The molecule has 0 bridgehead atoms. The topological polar surface area (TPSA) is 77.9 Å². The molecule has 1 aliphatic heterocycles. The van der Waals surface area contributed by atoms with Crippen LogP contribution in [0.3, 0.4) is 0 Å². The largest absolute Gasteiger partial charge is 0.458 e. The van der Waals surface area contributed by atoms with Gasteiger partial charge in [-0.25, -0.2) is 4.79 Å². The minimum atomic E-state index is -0.913. The maximum atomic E-state index is 13.0. The number of aliphatic hydroxyl groups is 1. The summed E-state index contributed by atoms with van der Waals surface area (Å²) in [5.41, 5.74) is 0.832. The van der Waals surface area contributed by atoms with Gasteiger partial charge in [0.2, 0.25) is 0 Å². The fraction of sp³-hybridized carbons (Fsp3) is 0.833. The van der Waals surface area contributed by atoms with Gasteiger partial charge >= 0.3 is 5.97 Å². The van der Waals surface area contributed by atoms with E-state index in [-0.39, 0.29) is 35.8 Å². The summed E-state index contributed by atoms with van der Waals surface area (Å²) in [6.45, 7) is 13.7. The average Bonchev–Trinajstić information content (AvgIpc) is 3.53. The number of hydrogen-bond acceptors (Lipinski definition) is 6. The van der Waals surface area contributed by atoms with E-state index in [0.717, 1.165) is 24.7 Å². The van der Waals surface area contributed by atoms with E-state index < -0.39 is 5.60 Å². The molecular weight excluding hydrogens is 526 g/mol. The number of pyridine rings is 1. The van der Waals surface area contributed by atoms with Crippen molar-refractivity contribution < 1.29 is 24.1 Å². The smallest absolute Gasteiger partial charge is 0.339 e. The third-order valence-corrected chi connectivity index (χ3v) is 14.1. The third-order valence-electron chi connectivity index (χ3n) is 14.1. The van der Waals surface area contributed by atoms with Gasteiger partial charge in [-0.05, 0) is 137 Å². The number of ether oxygens (including phenoxy) is 3. The lowest BCUT2D eigenvalue weighted by Crippen LogP contribution is -2.55. The maximum absolute atomic E-state index is 13.0. The fourth-order valence-corrected chi connectivity index (χ4v) is 12.3. The van der Waals surface area contributed by atoms with Gasteiger partial charge in [0, 0.05) is 24.4 Å². The molecule has 0 radical (unpaired) electrons. The van der Waals surface area contributed by atoms with Crippen molar-refractivity contribution in [2.24, 2.45) is 45.3 Å². The Hall–Kier alpha value is -1.50. The van der Waals surface area contributed by atoms with Gasteiger partial charge in [0.25, 0.3) is 0 Å². The standard InChI is InChI=1S/C36H53NO5/c1-7-40-30(33(4,5)39)26-12-10-24-27(41-26)19-25-23-11-13-28-32(2,3)29(42-31(38)22-9-8-18-37-20-22)14-15-36(28)21-35(23,36)17-16-34(24,25)6/h8-9,18,20,23-30,39H,7,10-17,19,21H2,1-6H3. The van der Waals surface area contributed by atoms with Crippen LogP contribution in [0.2, 0.25) is 0 Å². The molecule has 2 heterocycles. The molecule has 5 aliphatic carbocycles. The van der Waals surface area contributed by atoms with Crippen LogP contribution in [0.4, 0.5) is 0 Å². The number of rotatable bonds is 6. The Morgan fingerprint density at radius 1 is 1.07 bits per heavy atom. The molecule has 11 atom stereocenters. The third kappa shape index (κ3) is 4.06. The molecule has 11 unspecified atom stereocenters. The van der Waals surface area contributed by atoms with Crippen molar-refractivity contribution in [1.29, 1.82) is 0 Å². The molecule has 1 N–H and O–H groups in total. The van der Waals surface area contributed by atoms with Crippen LogP contribution in [0.15, 0.2) is 24.5 Å². The lowest BCUT2D eigenvalue weighted by molar-refractivity contribution is -0.193. The summed E-state index contributed by atoms with van der Waals surface area (Å²) in [7, 11) is 0. The van der Waals surface area contributed by atoms with Crippen LogP contribution < -0.4 is 0 Å². The van der Waals surface area contributed by atoms with Crippen molar-refractivity contribution in [2.75, 3.05) is 6.61 Å². The first-order chi connectivity index (χ1) is 19.9. The molecule has 2 spiro atoms. The highest BCUT2D eigenvalue weighted by atomic mass is 16.6. The zero-order valence-electron chi connectivity index (χ0n) is 26.7. The van der Waals surface area contributed by atoms with Crippen LogP contribution in [0.25, 0.3) is 0 Å². The van der Waals surface area contributed by atoms with Gasteiger partial charge in [0.1, 0.15) is 12.2 Å². The summed E-state index contributed by atoms with van der Waals surface area (Å²) in [6.07, 6.45) is 15.3. The van der Waals surface area contributed by atoms with Crippen LogP contribution in [-0.2, 0) is 14.2 Å². The maximum Gasteiger partial charge on any atom is 0.339 e. The van der Waals surface area contributed by atoms with E-state index in [2.05, 4.69) is 25.8 Å². The first kappa shape index (κ1) is 29.2. The van der Waals surface area contributed by atoms with Gasteiger partial charge in [0.05, 0.1) is 23.4 Å². The Balaban J connectivity index is 1.09. The number of fused-ring (bicyclic) bond motifs is 4. The Bertz CT molecular complexity index is 1190. The zero-order chi connectivity index (χ0) is 29.7. The van der Waals surface area contributed by atoms with Gasteiger partial charge in [-0.3, -0.25) is 4.98 Å². The van der Waals surface area contributed by atoms with Crippen molar-refractivity contribution in [3.8, 4) is 0 Å². The van der Waals surface area contributed by atoms with E-state index in [9.17, 15) is 9.90 Å². The van der Waals surface area contributed by atoms with Gasteiger partial charge in [-0.2, -0.15) is 0 Å².